The molecule has 0 N–H and O–H groups in total. The van der Waals surface area contributed by atoms with Gasteiger partial charge in [0, 0.05) is 75.0 Å². The van der Waals surface area contributed by atoms with Crippen LogP contribution >= 0.6 is 23.2 Å². The Kier molecular flexibility index (Phi) is 8.95. The van der Waals surface area contributed by atoms with Gasteiger partial charge in [-0.25, -0.2) is 19.9 Å². The lowest BCUT2D eigenvalue weighted by Gasteiger charge is -2.38. The number of hydrogen-bond acceptors (Lipinski definition) is 6. The summed E-state index contributed by atoms with van der Waals surface area (Å²) in [6.45, 7) is 10.5. The van der Waals surface area contributed by atoms with E-state index >= 15 is 4.79 Å². The van der Waals surface area contributed by atoms with Gasteiger partial charge in [0.15, 0.2) is 5.82 Å². The summed E-state index contributed by atoms with van der Waals surface area (Å²) in [6, 6.07) is 17.8. The minimum Gasteiger partial charge on any atom is -0.494 e. The van der Waals surface area contributed by atoms with Gasteiger partial charge in [-0.1, -0.05) is 41.4 Å². The van der Waals surface area contributed by atoms with Crippen LogP contribution in [0.1, 0.15) is 58.0 Å². The number of fused-ring (bicyclic) bond motifs is 4. The van der Waals surface area contributed by atoms with Crippen LogP contribution in [-0.4, -0.2) is 47.1 Å². The minimum atomic E-state index is -0.692. The van der Waals surface area contributed by atoms with E-state index in [4.69, 9.17) is 27.9 Å². The van der Waals surface area contributed by atoms with Crippen LogP contribution in [0.15, 0.2) is 79.5 Å². The Morgan fingerprint density at radius 1 is 0.887 bits per heavy atom. The summed E-state index contributed by atoms with van der Waals surface area (Å²) >= 11 is 13.9. The molecule has 0 fully saturated rings. The highest BCUT2D eigenvalue weighted by Gasteiger charge is 2.42. The van der Waals surface area contributed by atoms with Crippen LogP contribution in [0.5, 0.6) is 5.75 Å². The van der Waals surface area contributed by atoms with Crippen LogP contribution in [0.4, 0.5) is 5.69 Å². The molecular weight excluding hydrogens is 705 g/mol. The highest BCUT2D eigenvalue weighted by Crippen LogP contribution is 2.46. The summed E-state index contributed by atoms with van der Waals surface area (Å²) in [7, 11) is 1.98. The standard InChI is InChI=1S/C42H39Cl2N7O2/c1-23-18-29(19-24(2)37(23)43)53-17-8-12-31-30-10-7-11-32(36-25(3)47-22-48-26(36)4)38(30)50-27(5)40(44)51(42(52)39(31)50)35-21-49(6)34-14-13-28(20-33(34)35)41-45-15-9-16-46-41/h7,9-11,13-16,18-22,27,40H,8,12,17H2,1-6H3/t27?,40-/m0/s1. The second-order valence-electron chi connectivity index (χ2n) is 13.9. The quantitative estimate of drug-likeness (QED) is 0.0875. The molecule has 1 unspecified atom stereocenters. The van der Waals surface area contributed by atoms with Gasteiger partial charge in [0.05, 0.1) is 23.9 Å². The average Bonchev–Trinajstić information content (AvgIpc) is 3.66. The number of carbonyl (C=O) groups is 1. The van der Waals surface area contributed by atoms with Crippen molar-refractivity contribution in [3.8, 4) is 28.3 Å². The Morgan fingerprint density at radius 3 is 2.32 bits per heavy atom. The van der Waals surface area contributed by atoms with Crippen LogP contribution in [-0.2, 0) is 13.5 Å². The van der Waals surface area contributed by atoms with E-state index in [-0.39, 0.29) is 11.9 Å². The smallest absolute Gasteiger partial charge is 0.276 e. The zero-order valence-electron chi connectivity index (χ0n) is 30.5. The number of amides is 1. The molecule has 268 valence electrons. The summed E-state index contributed by atoms with van der Waals surface area (Å²) in [6.07, 6.45) is 8.33. The van der Waals surface area contributed by atoms with Crippen LogP contribution < -0.4 is 9.64 Å². The van der Waals surface area contributed by atoms with Gasteiger partial charge in [0.25, 0.3) is 5.91 Å². The van der Waals surface area contributed by atoms with E-state index in [0.29, 0.717) is 31.0 Å². The molecule has 1 aliphatic heterocycles. The van der Waals surface area contributed by atoms with Gasteiger partial charge < -0.3 is 13.9 Å². The fraction of sp³-hybridized carbons (Fsp3) is 0.262. The summed E-state index contributed by atoms with van der Waals surface area (Å²) in [4.78, 5) is 35.0. The molecule has 9 nitrogen and oxygen atoms in total. The molecule has 8 rings (SSSR count). The number of hydrogen-bond donors (Lipinski definition) is 0. The Hall–Kier alpha value is -5.25. The second kappa shape index (κ2) is 13.6. The lowest BCUT2D eigenvalue weighted by Crippen LogP contribution is -2.47. The van der Waals surface area contributed by atoms with Gasteiger partial charge in [0.1, 0.15) is 23.3 Å². The lowest BCUT2D eigenvalue weighted by atomic mass is 9.98. The summed E-state index contributed by atoms with van der Waals surface area (Å²) in [5, 5.41) is 2.65. The highest BCUT2D eigenvalue weighted by atomic mass is 35.5. The number of aromatic nitrogens is 6. The van der Waals surface area contributed by atoms with Crippen LogP contribution in [0.2, 0.25) is 5.02 Å². The summed E-state index contributed by atoms with van der Waals surface area (Å²) < 4.78 is 10.4. The van der Waals surface area contributed by atoms with Gasteiger partial charge in [-0.2, -0.15) is 0 Å². The van der Waals surface area contributed by atoms with E-state index in [9.17, 15) is 0 Å². The SMILES string of the molecule is Cc1cc(OCCCc2c3n(c4c(-c5c(C)ncnc5C)cccc24)C(C)[C@@H](Cl)N(c2cn(C)c4ccc(-c5ncccn5)cc24)C3=O)cc(C)c1Cl. The third kappa shape index (κ3) is 5.83. The number of nitrogens with zero attached hydrogens (tertiary/aromatic N) is 7. The van der Waals surface area contributed by atoms with Crippen LogP contribution in [0.25, 0.3) is 44.3 Å². The summed E-state index contributed by atoms with van der Waals surface area (Å²) in [5.74, 6) is 1.24. The Balaban J connectivity index is 1.27. The number of carbonyl (C=O) groups excluding carboxylic acids is 1. The van der Waals surface area contributed by atoms with E-state index in [1.165, 1.54) is 0 Å². The summed E-state index contributed by atoms with van der Waals surface area (Å²) in [5.41, 5.74) is 10.0. The minimum absolute atomic E-state index is 0.156. The molecule has 0 radical (unpaired) electrons. The maximum Gasteiger partial charge on any atom is 0.276 e. The third-order valence-corrected chi connectivity index (χ3v) is 11.6. The number of halogens is 2. The number of aryl methyl sites for hydroxylation is 6. The van der Waals surface area contributed by atoms with E-state index in [1.807, 2.05) is 75.8 Å². The van der Waals surface area contributed by atoms with Gasteiger partial charge in [0.2, 0.25) is 0 Å². The van der Waals surface area contributed by atoms with Gasteiger partial charge >= 0.3 is 0 Å². The van der Waals surface area contributed by atoms with E-state index < -0.39 is 5.50 Å². The van der Waals surface area contributed by atoms with Crippen LogP contribution in [0.3, 0.4) is 0 Å². The molecule has 0 aliphatic carbocycles. The molecular formula is C42H39Cl2N7O2. The molecule has 1 amide bonds. The molecule has 0 saturated heterocycles. The van der Waals surface area contributed by atoms with Gasteiger partial charge in [-0.05, 0) is 101 Å². The maximum atomic E-state index is 15.2. The fourth-order valence-corrected chi connectivity index (χ4v) is 8.31. The number of benzene rings is 3. The van der Waals surface area contributed by atoms with Crippen molar-refractivity contribution >= 4 is 56.6 Å². The van der Waals surface area contributed by atoms with E-state index in [0.717, 1.165) is 83.0 Å². The van der Waals surface area contributed by atoms with Gasteiger partial charge in [-0.15, -0.1) is 0 Å². The van der Waals surface area contributed by atoms with E-state index in [1.54, 1.807) is 29.7 Å². The largest absolute Gasteiger partial charge is 0.494 e. The molecule has 2 atom stereocenters. The predicted octanol–water partition coefficient (Wildman–Crippen LogP) is 9.73. The Morgan fingerprint density at radius 2 is 1.60 bits per heavy atom. The number of ether oxygens (including phenoxy) is 1. The first-order valence-corrected chi connectivity index (χ1v) is 18.5. The molecule has 5 heterocycles. The Labute approximate surface area is 318 Å². The van der Waals surface area contributed by atoms with Crippen molar-refractivity contribution in [1.82, 2.24) is 29.1 Å². The van der Waals surface area contributed by atoms with Crippen LogP contribution in [0, 0.1) is 27.7 Å². The Bertz CT molecular complexity index is 2520. The normalized spacial score (nSPS) is 15.8. The number of para-hydroxylation sites is 1. The second-order valence-corrected chi connectivity index (χ2v) is 14.7. The molecule has 7 aromatic rings. The molecule has 3 aromatic carbocycles. The number of rotatable bonds is 8. The van der Waals surface area contributed by atoms with Crippen molar-refractivity contribution in [2.24, 2.45) is 7.05 Å². The molecule has 4 aromatic heterocycles. The molecule has 53 heavy (non-hydrogen) atoms. The topological polar surface area (TPSA) is 91.0 Å². The molecule has 11 heteroatoms. The van der Waals surface area contributed by atoms with Crippen molar-refractivity contribution in [2.45, 2.75) is 59.0 Å². The predicted molar refractivity (Wildman–Crippen MR) is 212 cm³/mol. The monoisotopic (exact) mass is 743 g/mol. The van der Waals surface area contributed by atoms with Crippen molar-refractivity contribution in [2.75, 3.05) is 11.5 Å². The van der Waals surface area contributed by atoms with E-state index in [2.05, 4.69) is 49.6 Å². The number of alkyl halides is 1. The first-order chi connectivity index (χ1) is 25.5. The molecule has 1 aliphatic rings. The van der Waals surface area contributed by atoms with Crippen molar-refractivity contribution in [3.05, 3.63) is 118 Å². The number of anilines is 1. The third-order valence-electron chi connectivity index (χ3n) is 10.4. The lowest BCUT2D eigenvalue weighted by molar-refractivity contribution is 0.0951. The molecule has 0 spiro atoms. The van der Waals surface area contributed by atoms with Gasteiger partial charge in [-0.3, -0.25) is 9.69 Å². The average molecular weight is 745 g/mol. The van der Waals surface area contributed by atoms with Crippen molar-refractivity contribution in [1.29, 1.82) is 0 Å². The first-order valence-electron chi connectivity index (χ1n) is 17.7. The zero-order valence-corrected chi connectivity index (χ0v) is 32.0. The molecule has 0 saturated carbocycles. The van der Waals surface area contributed by atoms with Crippen molar-refractivity contribution < 1.29 is 9.53 Å². The first kappa shape index (κ1) is 34.8. The zero-order chi connectivity index (χ0) is 37.1. The molecule has 0 bridgehead atoms. The van der Waals surface area contributed by atoms with Crippen molar-refractivity contribution in [3.63, 3.8) is 0 Å². The highest BCUT2D eigenvalue weighted by molar-refractivity contribution is 6.32. The fourth-order valence-electron chi connectivity index (χ4n) is 7.89. The maximum absolute atomic E-state index is 15.2.